The molecule has 0 bridgehead atoms. The van der Waals surface area contributed by atoms with Crippen molar-refractivity contribution in [1.29, 1.82) is 0 Å². The van der Waals surface area contributed by atoms with Gasteiger partial charge in [-0.25, -0.2) is 0 Å². The first-order chi connectivity index (χ1) is 33.8. The Bertz CT molecular complexity index is 1040. The van der Waals surface area contributed by atoms with Crippen LogP contribution in [0.5, 0.6) is 0 Å². The molecule has 12 atom stereocenters. The Balaban J connectivity index is 5.93. The number of hydrogen-bond donors (Lipinski definition) is 12. The molecule has 0 saturated heterocycles. The fraction of sp³-hybridized carbons (Fsp3) is 1.00. The van der Waals surface area contributed by atoms with E-state index >= 15 is 0 Å². The van der Waals surface area contributed by atoms with Gasteiger partial charge in [0.1, 0.15) is 61.0 Å². The third-order valence-corrected chi connectivity index (χ3v) is 10.0. The van der Waals surface area contributed by atoms with Gasteiger partial charge in [0.05, 0.1) is 171 Å². The van der Waals surface area contributed by atoms with E-state index in [0.29, 0.717) is 12.8 Å². The van der Waals surface area contributed by atoms with Crippen molar-refractivity contribution in [3.63, 3.8) is 0 Å². The van der Waals surface area contributed by atoms with Crippen molar-refractivity contribution in [2.45, 2.75) is 133 Å². The lowest BCUT2D eigenvalue weighted by Crippen LogP contribution is -2.36. The van der Waals surface area contributed by atoms with E-state index in [0.717, 1.165) is 25.7 Å². The fourth-order valence-corrected chi connectivity index (χ4v) is 5.83. The van der Waals surface area contributed by atoms with Gasteiger partial charge in [-0.2, -0.15) is 0 Å². The highest BCUT2D eigenvalue weighted by Crippen LogP contribution is 2.13. The Morgan fingerprint density at radius 1 is 0.271 bits per heavy atom. The molecule has 70 heavy (non-hydrogen) atoms. The van der Waals surface area contributed by atoms with Gasteiger partial charge in [0, 0.05) is 5.92 Å². The van der Waals surface area contributed by atoms with Crippen LogP contribution in [-0.4, -0.2) is 293 Å². The van der Waals surface area contributed by atoms with Crippen LogP contribution >= 0.6 is 0 Å². The van der Waals surface area contributed by atoms with E-state index in [2.05, 4.69) is 0 Å². The van der Waals surface area contributed by atoms with Crippen molar-refractivity contribution >= 4 is 0 Å². The topological polar surface area (TPSA) is 354 Å². The largest absolute Gasteiger partial charge is 0.394 e. The molecule has 0 amide bonds. The number of hydrogen-bond acceptors (Lipinski definition) is 24. The summed E-state index contributed by atoms with van der Waals surface area (Å²) >= 11 is 0. The molecule has 0 aliphatic heterocycles. The second-order valence-electron chi connectivity index (χ2n) is 17.4. The summed E-state index contributed by atoms with van der Waals surface area (Å²) in [6.45, 7) is 3.24. The lowest BCUT2D eigenvalue weighted by Gasteiger charge is -2.26. The molecular formula is C46H94O24. The van der Waals surface area contributed by atoms with Crippen LogP contribution in [-0.2, 0) is 56.8 Å². The Hall–Kier alpha value is -0.960. The van der Waals surface area contributed by atoms with E-state index in [-0.39, 0.29) is 137 Å². The van der Waals surface area contributed by atoms with Crippen molar-refractivity contribution in [2.75, 3.05) is 159 Å². The second-order valence-corrected chi connectivity index (χ2v) is 17.4. The molecule has 24 nitrogen and oxygen atoms in total. The van der Waals surface area contributed by atoms with Crippen LogP contribution in [0.1, 0.15) is 59.3 Å². The van der Waals surface area contributed by atoms with Crippen LogP contribution in [0.4, 0.5) is 0 Å². The normalized spacial score (nSPS) is 17.9. The molecule has 0 heterocycles. The van der Waals surface area contributed by atoms with E-state index in [1.165, 1.54) is 0 Å². The van der Waals surface area contributed by atoms with Gasteiger partial charge in [-0.3, -0.25) is 0 Å². The van der Waals surface area contributed by atoms with Gasteiger partial charge in [0.2, 0.25) is 0 Å². The first kappa shape index (κ1) is 69.0. The number of aliphatic hydroxyl groups is 12. The SMILES string of the molecule is CCCCC(COCC(COCC(CCCC)OCC(COCC(O)CO)OCC(O)CO)OCC(C)COCC(COCC(O)CO)OCC(O)CO)OCC(COCC(O)CO)OCC(O)CO. The van der Waals surface area contributed by atoms with E-state index in [1.54, 1.807) is 0 Å². The summed E-state index contributed by atoms with van der Waals surface area (Å²) in [6, 6.07) is 0. The molecule has 0 saturated carbocycles. The van der Waals surface area contributed by atoms with E-state index in [9.17, 15) is 46.0 Å². The summed E-state index contributed by atoms with van der Waals surface area (Å²) in [5.74, 6) is -0.145. The van der Waals surface area contributed by atoms with Gasteiger partial charge in [-0.05, 0) is 12.8 Å². The van der Waals surface area contributed by atoms with Crippen molar-refractivity contribution in [3.05, 3.63) is 0 Å². The van der Waals surface area contributed by atoms with E-state index in [1.807, 2.05) is 20.8 Å². The predicted molar refractivity (Wildman–Crippen MR) is 250 cm³/mol. The zero-order valence-electron chi connectivity index (χ0n) is 42.0. The summed E-state index contributed by atoms with van der Waals surface area (Å²) in [5.41, 5.74) is 0. The molecule has 0 spiro atoms. The summed E-state index contributed by atoms with van der Waals surface area (Å²) in [5, 5.41) is 114. The Labute approximate surface area is 414 Å². The van der Waals surface area contributed by atoms with Gasteiger partial charge < -0.3 is 118 Å². The minimum atomic E-state index is -1.12. The lowest BCUT2D eigenvalue weighted by atomic mass is 10.1. The smallest absolute Gasteiger partial charge is 0.104 e. The first-order valence-electron chi connectivity index (χ1n) is 24.7. The maximum absolute atomic E-state index is 9.87. The van der Waals surface area contributed by atoms with Gasteiger partial charge >= 0.3 is 0 Å². The summed E-state index contributed by atoms with van der Waals surface area (Å²) in [6.07, 6.45) is -5.17. The Kier molecular flexibility index (Phi) is 47.1. The highest BCUT2D eigenvalue weighted by molar-refractivity contribution is 4.68. The van der Waals surface area contributed by atoms with E-state index < -0.39 is 101 Å². The minimum Gasteiger partial charge on any atom is -0.394 e. The number of rotatable bonds is 54. The van der Waals surface area contributed by atoms with Crippen LogP contribution < -0.4 is 0 Å². The maximum atomic E-state index is 9.87. The molecule has 0 aromatic heterocycles. The monoisotopic (exact) mass is 1030 g/mol. The maximum Gasteiger partial charge on any atom is 0.104 e. The highest BCUT2D eigenvalue weighted by atomic mass is 16.6. The molecule has 0 aliphatic rings. The van der Waals surface area contributed by atoms with Crippen molar-refractivity contribution < 1.29 is 118 Å². The average Bonchev–Trinajstić information content (AvgIpc) is 3.37. The van der Waals surface area contributed by atoms with Crippen molar-refractivity contribution in [2.24, 2.45) is 5.92 Å². The zero-order chi connectivity index (χ0) is 52.2. The molecular weight excluding hydrogens is 936 g/mol. The quantitative estimate of drug-likeness (QED) is 0.0282. The molecule has 12 unspecified atom stereocenters. The van der Waals surface area contributed by atoms with Crippen molar-refractivity contribution in [1.82, 2.24) is 0 Å². The molecule has 0 rings (SSSR count). The lowest BCUT2D eigenvalue weighted by molar-refractivity contribution is -0.132. The van der Waals surface area contributed by atoms with Gasteiger partial charge in [0.15, 0.2) is 0 Å². The third-order valence-electron chi connectivity index (χ3n) is 10.0. The minimum absolute atomic E-state index is 0.00507. The Morgan fingerprint density at radius 2 is 0.500 bits per heavy atom. The van der Waals surface area contributed by atoms with Gasteiger partial charge in [-0.15, -0.1) is 0 Å². The standard InChI is InChI=1S/C46H94O24/c1-4-6-8-41(69-32-45(67-22-39(57)14-51)30-61-19-36(54)11-48)24-63-28-43(65-17-34(3)16-59-26-44(66-21-38(56)13-50)27-60-18-35(53)10-47)29-64-25-42(9-7-5-2)70-33-46(68-23-40(58)15-52)31-62-20-37(55)12-49/h34-58H,4-33H2,1-3H3. The van der Waals surface area contributed by atoms with Crippen LogP contribution in [0.2, 0.25) is 0 Å². The molecule has 0 aliphatic carbocycles. The van der Waals surface area contributed by atoms with Crippen LogP contribution in [0.3, 0.4) is 0 Å². The average molecular weight is 1030 g/mol. The van der Waals surface area contributed by atoms with Crippen LogP contribution in [0.15, 0.2) is 0 Å². The van der Waals surface area contributed by atoms with Crippen LogP contribution in [0, 0.1) is 5.92 Å². The highest BCUT2D eigenvalue weighted by Gasteiger charge is 2.22. The molecule has 12 N–H and O–H groups in total. The molecule has 0 radical (unpaired) electrons. The fourth-order valence-electron chi connectivity index (χ4n) is 5.83. The summed E-state index contributed by atoms with van der Waals surface area (Å²) < 4.78 is 70.7. The molecule has 422 valence electrons. The molecule has 0 aromatic carbocycles. The zero-order valence-corrected chi connectivity index (χ0v) is 42.0. The number of unbranched alkanes of at least 4 members (excludes halogenated alkanes) is 2. The number of ether oxygens (including phenoxy) is 12. The summed E-state index contributed by atoms with van der Waals surface area (Å²) in [7, 11) is 0. The van der Waals surface area contributed by atoms with Crippen molar-refractivity contribution in [3.8, 4) is 0 Å². The molecule has 0 fully saturated rings. The Morgan fingerprint density at radius 3 is 0.800 bits per heavy atom. The van der Waals surface area contributed by atoms with Crippen LogP contribution in [0.25, 0.3) is 0 Å². The number of aliphatic hydroxyl groups excluding tert-OH is 12. The summed E-state index contributed by atoms with van der Waals surface area (Å²) in [4.78, 5) is 0. The second kappa shape index (κ2) is 47.7. The predicted octanol–water partition coefficient (Wildman–Crippen LogP) is -3.47. The first-order valence-corrected chi connectivity index (χ1v) is 24.7. The van der Waals surface area contributed by atoms with E-state index in [4.69, 9.17) is 72.2 Å². The molecule has 0 aromatic rings. The molecule has 24 heteroatoms. The third kappa shape index (κ3) is 40.4. The van der Waals surface area contributed by atoms with Gasteiger partial charge in [-0.1, -0.05) is 46.5 Å². The van der Waals surface area contributed by atoms with Gasteiger partial charge in [0.25, 0.3) is 0 Å².